The Kier molecular flexibility index (Phi) is 4.96. The first kappa shape index (κ1) is 16.3. The average molecular weight is 322 g/mol. The van der Waals surface area contributed by atoms with Gasteiger partial charge in [0.15, 0.2) is 0 Å². The summed E-state index contributed by atoms with van der Waals surface area (Å²) in [6, 6.07) is 13.9. The maximum atomic E-state index is 12.2. The van der Waals surface area contributed by atoms with E-state index in [0.717, 1.165) is 34.0 Å². The summed E-state index contributed by atoms with van der Waals surface area (Å²) in [5.41, 5.74) is 5.36. The number of aliphatic hydroxyl groups excluding tert-OH is 1. The molecule has 0 radical (unpaired) electrons. The van der Waals surface area contributed by atoms with Gasteiger partial charge in [-0.2, -0.15) is 0 Å². The van der Waals surface area contributed by atoms with Crippen molar-refractivity contribution in [2.24, 2.45) is 0 Å². The van der Waals surface area contributed by atoms with Crippen LogP contribution in [0, 0.1) is 6.92 Å². The van der Waals surface area contributed by atoms with Gasteiger partial charge in [-0.1, -0.05) is 42.5 Å². The molecule has 4 heteroatoms. The van der Waals surface area contributed by atoms with Crippen LogP contribution in [0.4, 0.5) is 0 Å². The maximum absolute atomic E-state index is 12.2. The van der Waals surface area contributed by atoms with Gasteiger partial charge in [0.05, 0.1) is 13.0 Å². The summed E-state index contributed by atoms with van der Waals surface area (Å²) in [7, 11) is 0. The molecule has 0 bridgehead atoms. The lowest BCUT2D eigenvalue weighted by atomic mass is 10.1. The van der Waals surface area contributed by atoms with Crippen molar-refractivity contribution in [3.8, 4) is 0 Å². The molecule has 1 heterocycles. The second kappa shape index (κ2) is 7.32. The van der Waals surface area contributed by atoms with E-state index in [1.54, 1.807) is 0 Å². The summed E-state index contributed by atoms with van der Waals surface area (Å²) in [6.07, 6.45) is 3.09. The smallest absolute Gasteiger partial charge is 0.224 e. The van der Waals surface area contributed by atoms with Gasteiger partial charge in [-0.15, -0.1) is 0 Å². The molecule has 0 saturated carbocycles. The molecule has 0 aliphatic carbocycles. The van der Waals surface area contributed by atoms with E-state index in [2.05, 4.69) is 23.3 Å². The van der Waals surface area contributed by atoms with Crippen molar-refractivity contribution in [1.29, 1.82) is 0 Å². The second-order valence-electron chi connectivity index (χ2n) is 6.06. The second-order valence-corrected chi connectivity index (χ2v) is 6.06. The van der Waals surface area contributed by atoms with Gasteiger partial charge < -0.3 is 15.4 Å². The minimum Gasteiger partial charge on any atom is -0.392 e. The van der Waals surface area contributed by atoms with Crippen LogP contribution in [0.5, 0.6) is 0 Å². The molecule has 1 aromatic heterocycles. The Morgan fingerprint density at radius 3 is 2.62 bits per heavy atom. The van der Waals surface area contributed by atoms with Crippen LogP contribution in [0.15, 0.2) is 48.7 Å². The quantitative estimate of drug-likeness (QED) is 0.653. The van der Waals surface area contributed by atoms with Crippen LogP contribution in [0.3, 0.4) is 0 Å². The number of H-pyrrole nitrogens is 1. The molecule has 0 saturated heterocycles. The number of amides is 1. The standard InChI is InChI=1S/C20H22N2O2/c1-14-3-2-4-18-17(12-22-20(14)18)11-19(24)21-10-9-15-5-7-16(13-23)8-6-15/h2-8,12,22-23H,9-11,13H2,1H3,(H,21,24). The third-order valence-electron chi connectivity index (χ3n) is 4.30. The molecule has 1 amide bonds. The Bertz CT molecular complexity index is 834. The van der Waals surface area contributed by atoms with E-state index in [4.69, 9.17) is 5.11 Å². The summed E-state index contributed by atoms with van der Waals surface area (Å²) in [6.45, 7) is 2.73. The molecular formula is C20H22N2O2. The summed E-state index contributed by atoms with van der Waals surface area (Å²) in [5, 5.41) is 13.1. The third-order valence-corrected chi connectivity index (χ3v) is 4.30. The van der Waals surface area contributed by atoms with E-state index in [9.17, 15) is 4.79 Å². The number of nitrogens with one attached hydrogen (secondary N) is 2. The predicted molar refractivity (Wildman–Crippen MR) is 95.8 cm³/mol. The van der Waals surface area contributed by atoms with Crippen molar-refractivity contribution in [3.05, 3.63) is 70.9 Å². The zero-order valence-corrected chi connectivity index (χ0v) is 13.8. The number of rotatable bonds is 6. The Morgan fingerprint density at radius 2 is 1.88 bits per heavy atom. The lowest BCUT2D eigenvalue weighted by molar-refractivity contribution is -0.120. The van der Waals surface area contributed by atoms with Gasteiger partial charge in [-0.05, 0) is 35.6 Å². The summed E-state index contributed by atoms with van der Waals surface area (Å²) in [5.74, 6) is 0.0318. The molecule has 24 heavy (non-hydrogen) atoms. The molecule has 0 unspecified atom stereocenters. The third kappa shape index (κ3) is 3.66. The number of carbonyl (C=O) groups is 1. The molecule has 0 fully saturated rings. The summed E-state index contributed by atoms with van der Waals surface area (Å²) < 4.78 is 0. The molecular weight excluding hydrogens is 300 g/mol. The highest BCUT2D eigenvalue weighted by Crippen LogP contribution is 2.21. The van der Waals surface area contributed by atoms with E-state index in [1.807, 2.05) is 42.6 Å². The Balaban J connectivity index is 1.54. The van der Waals surface area contributed by atoms with Crippen LogP contribution in [0.2, 0.25) is 0 Å². The first-order chi connectivity index (χ1) is 11.7. The van der Waals surface area contributed by atoms with Crippen molar-refractivity contribution < 1.29 is 9.90 Å². The number of hydrogen-bond acceptors (Lipinski definition) is 2. The van der Waals surface area contributed by atoms with E-state index >= 15 is 0 Å². The van der Waals surface area contributed by atoms with E-state index in [0.29, 0.717) is 13.0 Å². The van der Waals surface area contributed by atoms with Gasteiger partial charge >= 0.3 is 0 Å². The molecule has 4 nitrogen and oxygen atoms in total. The zero-order valence-electron chi connectivity index (χ0n) is 13.8. The number of aromatic amines is 1. The molecule has 0 aliphatic rings. The fraction of sp³-hybridized carbons (Fsp3) is 0.250. The number of aryl methyl sites for hydroxylation is 1. The molecule has 0 atom stereocenters. The molecule has 2 aromatic carbocycles. The van der Waals surface area contributed by atoms with E-state index in [-0.39, 0.29) is 12.5 Å². The van der Waals surface area contributed by atoms with Crippen LogP contribution in [-0.2, 0) is 24.2 Å². The van der Waals surface area contributed by atoms with Gasteiger partial charge in [0, 0.05) is 23.6 Å². The van der Waals surface area contributed by atoms with Crippen molar-refractivity contribution in [2.75, 3.05) is 6.54 Å². The maximum Gasteiger partial charge on any atom is 0.224 e. The minimum atomic E-state index is 0.0318. The Hall–Kier alpha value is -2.59. The molecule has 3 aromatic rings. The summed E-state index contributed by atoms with van der Waals surface area (Å²) in [4.78, 5) is 15.4. The number of carbonyl (C=O) groups excluding carboxylic acids is 1. The van der Waals surface area contributed by atoms with E-state index < -0.39 is 0 Å². The highest BCUT2D eigenvalue weighted by atomic mass is 16.3. The number of hydrogen-bond donors (Lipinski definition) is 3. The van der Waals surface area contributed by atoms with Gasteiger partial charge in [0.25, 0.3) is 0 Å². The zero-order chi connectivity index (χ0) is 16.9. The highest BCUT2D eigenvalue weighted by Gasteiger charge is 2.09. The highest BCUT2D eigenvalue weighted by molar-refractivity contribution is 5.90. The lowest BCUT2D eigenvalue weighted by Gasteiger charge is -2.06. The van der Waals surface area contributed by atoms with Crippen molar-refractivity contribution in [3.63, 3.8) is 0 Å². The number of para-hydroxylation sites is 1. The van der Waals surface area contributed by atoms with Crippen molar-refractivity contribution in [1.82, 2.24) is 10.3 Å². The van der Waals surface area contributed by atoms with E-state index in [1.165, 1.54) is 5.56 Å². The van der Waals surface area contributed by atoms with Gasteiger partial charge in [0.2, 0.25) is 5.91 Å². The lowest BCUT2D eigenvalue weighted by Crippen LogP contribution is -2.27. The largest absolute Gasteiger partial charge is 0.392 e. The van der Waals surface area contributed by atoms with Gasteiger partial charge in [0.1, 0.15) is 0 Å². The van der Waals surface area contributed by atoms with Gasteiger partial charge in [-0.25, -0.2) is 0 Å². The molecule has 0 spiro atoms. The topological polar surface area (TPSA) is 65.1 Å². The van der Waals surface area contributed by atoms with Crippen LogP contribution < -0.4 is 5.32 Å². The van der Waals surface area contributed by atoms with Crippen molar-refractivity contribution >= 4 is 16.8 Å². The van der Waals surface area contributed by atoms with Crippen LogP contribution in [-0.4, -0.2) is 22.5 Å². The number of fused-ring (bicyclic) bond motifs is 1. The molecule has 124 valence electrons. The first-order valence-corrected chi connectivity index (χ1v) is 8.18. The summed E-state index contributed by atoms with van der Waals surface area (Å²) >= 11 is 0. The van der Waals surface area contributed by atoms with Crippen LogP contribution >= 0.6 is 0 Å². The number of benzene rings is 2. The fourth-order valence-corrected chi connectivity index (χ4v) is 2.90. The molecule has 0 aliphatic heterocycles. The van der Waals surface area contributed by atoms with Crippen LogP contribution in [0.25, 0.3) is 10.9 Å². The molecule has 3 rings (SSSR count). The monoisotopic (exact) mass is 322 g/mol. The predicted octanol–water partition coefficient (Wildman–Crippen LogP) is 2.87. The number of aromatic nitrogens is 1. The Labute approximate surface area is 141 Å². The fourth-order valence-electron chi connectivity index (χ4n) is 2.90. The minimum absolute atomic E-state index is 0.0318. The SMILES string of the molecule is Cc1cccc2c(CC(=O)NCCc3ccc(CO)cc3)c[nH]c12. The number of aliphatic hydroxyl groups is 1. The Morgan fingerprint density at radius 1 is 1.12 bits per heavy atom. The van der Waals surface area contributed by atoms with Crippen LogP contribution in [0.1, 0.15) is 22.3 Å². The normalized spacial score (nSPS) is 10.9. The molecule has 3 N–H and O–H groups in total. The first-order valence-electron chi connectivity index (χ1n) is 8.18. The van der Waals surface area contributed by atoms with Crippen molar-refractivity contribution in [2.45, 2.75) is 26.4 Å². The average Bonchev–Trinajstić information content (AvgIpc) is 3.00. The van der Waals surface area contributed by atoms with Gasteiger partial charge in [-0.3, -0.25) is 4.79 Å².